The van der Waals surface area contributed by atoms with Gasteiger partial charge in [-0.05, 0) is 113 Å². The molecule has 558 valence electrons. The molecule has 0 atom stereocenters. The fraction of sp³-hybridized carbons (Fsp3) is 0.494. The monoisotopic (exact) mass is 1480 g/mol. The zero-order valence-electron chi connectivity index (χ0n) is 60.3. The number of carbonyl (C=O) groups excluding carboxylic acids is 3. The number of nitrogens with zero attached hydrogens (tertiary/aromatic N) is 10. The molecule has 6 aromatic heterocycles. The first kappa shape index (κ1) is 70.9. The van der Waals surface area contributed by atoms with Gasteiger partial charge in [0.1, 0.15) is 51.6 Å². The number of rotatable bonds is 15. The van der Waals surface area contributed by atoms with E-state index >= 15 is 0 Å². The van der Waals surface area contributed by atoms with Gasteiger partial charge in [0.15, 0.2) is 0 Å². The maximum atomic E-state index is 13.7. The highest BCUT2D eigenvalue weighted by atomic mass is 35.5. The topological polar surface area (TPSA) is 307 Å². The molecule has 0 radical (unpaired) electrons. The third kappa shape index (κ3) is 15.1. The molecule has 0 bridgehead atoms. The molecule has 4 saturated heterocycles. The summed E-state index contributed by atoms with van der Waals surface area (Å²) in [5, 5.41) is 24.2. The molecule has 3 aromatic carbocycles. The number of H-pyrrole nitrogens is 3. The highest BCUT2D eigenvalue weighted by Gasteiger charge is 2.34. The van der Waals surface area contributed by atoms with Gasteiger partial charge in [-0.25, -0.2) is 0 Å². The van der Waals surface area contributed by atoms with Crippen molar-refractivity contribution in [3.63, 3.8) is 0 Å². The highest BCUT2D eigenvalue weighted by molar-refractivity contribution is 6.37. The smallest absolute Gasteiger partial charge is 0.254 e. The zero-order valence-corrected chi connectivity index (χ0v) is 61.8. The number of aromatic nitrogens is 9. The van der Waals surface area contributed by atoms with Crippen LogP contribution in [0, 0.1) is 6.92 Å². The van der Waals surface area contributed by atoms with E-state index in [0.717, 1.165) is 148 Å². The molecule has 9 aliphatic rings. The Hall–Kier alpha value is -9.41. The number of piperidine rings is 2. The van der Waals surface area contributed by atoms with Crippen LogP contribution in [0.1, 0.15) is 150 Å². The lowest BCUT2D eigenvalue weighted by atomic mass is 9.95. The number of anilines is 9. The van der Waals surface area contributed by atoms with Gasteiger partial charge in [-0.2, -0.15) is 29.9 Å². The average Bonchev–Trinajstić information content (AvgIpc) is 1.59. The largest absolute Gasteiger partial charge is 0.491 e. The van der Waals surface area contributed by atoms with Crippen LogP contribution in [0.4, 0.5) is 52.4 Å². The Morgan fingerprint density at radius 2 is 0.811 bits per heavy atom. The zero-order chi connectivity index (χ0) is 72.2. The van der Waals surface area contributed by atoms with Crippen molar-refractivity contribution < 1.29 is 38.1 Å². The van der Waals surface area contributed by atoms with Crippen molar-refractivity contribution in [2.75, 3.05) is 138 Å². The first-order valence-electron chi connectivity index (χ1n) is 38.1. The maximum absolute atomic E-state index is 13.7. The number of nitrogens with one attached hydrogen (secondary N) is 9. The Bertz CT molecular complexity index is 4700. The molecule has 29 heteroatoms. The van der Waals surface area contributed by atoms with Gasteiger partial charge in [-0.1, -0.05) is 68.1 Å². The first-order chi connectivity index (χ1) is 52.0. The number of aryl methyl sites for hydroxylation is 1. The van der Waals surface area contributed by atoms with E-state index in [-0.39, 0.29) is 17.7 Å². The maximum Gasteiger partial charge on any atom is 0.254 e. The minimum atomic E-state index is 0.0271. The number of carbonyl (C=O) groups is 3. The van der Waals surface area contributed by atoms with Crippen LogP contribution < -0.4 is 46.1 Å². The van der Waals surface area contributed by atoms with Crippen LogP contribution in [0.25, 0.3) is 33.1 Å². The van der Waals surface area contributed by atoms with E-state index in [2.05, 4.69) is 66.7 Å². The normalized spacial score (nSPS) is 18.5. The second-order valence-corrected chi connectivity index (χ2v) is 29.6. The second kappa shape index (κ2) is 32.0. The number of aromatic amines is 3. The van der Waals surface area contributed by atoms with Gasteiger partial charge in [0, 0.05) is 136 Å². The van der Waals surface area contributed by atoms with Crippen LogP contribution in [0.3, 0.4) is 0 Å². The van der Waals surface area contributed by atoms with Crippen molar-refractivity contribution in [2.45, 2.75) is 141 Å². The van der Waals surface area contributed by atoms with Gasteiger partial charge >= 0.3 is 0 Å². The number of benzene rings is 3. The fourth-order valence-corrected chi connectivity index (χ4v) is 17.0. The molecular formula is C77H93Cl2N19O8. The average molecular weight is 1480 g/mol. The number of morpholine rings is 2. The summed E-state index contributed by atoms with van der Waals surface area (Å²) in [6.45, 7) is 12.5. The predicted octanol–water partition coefficient (Wildman–Crippen LogP) is 13.1. The summed E-state index contributed by atoms with van der Waals surface area (Å²) in [5.74, 6) is 5.89. The minimum Gasteiger partial charge on any atom is -0.491 e. The van der Waals surface area contributed by atoms with Crippen LogP contribution in [0.5, 0.6) is 17.2 Å². The number of likely N-dealkylation sites (tertiary alicyclic amines) is 2. The van der Waals surface area contributed by atoms with Crippen molar-refractivity contribution in [3.05, 3.63) is 104 Å². The lowest BCUT2D eigenvalue weighted by Gasteiger charge is -2.40. The SMILES string of the molecule is CNc1nc(Nc2ccc(C(=O)N3CCOCC3)c3c2OCC3)nc2[nH]cc(C)c12.O=C(c1ccc(Nc2nc(NC3CCCCC3)c3c(Cl)c[nH]c3n2)c2c1CCO2)N1CCC(N2CCCCC2)CC1.O=C(c1ccc(Nc2nc(NC3CCCCC3)c3c(Cl)c[nH]c3n2)c2c1CCO2)N1CCOCC1. The van der Waals surface area contributed by atoms with Gasteiger partial charge in [0.2, 0.25) is 17.8 Å². The van der Waals surface area contributed by atoms with E-state index < -0.39 is 0 Å². The first-order valence-corrected chi connectivity index (χ1v) is 38.8. The van der Waals surface area contributed by atoms with Crippen molar-refractivity contribution in [3.8, 4) is 17.2 Å². The Morgan fingerprint density at radius 3 is 1.23 bits per heavy atom. The van der Waals surface area contributed by atoms with E-state index in [1.807, 2.05) is 71.3 Å². The Labute approximate surface area is 625 Å². The van der Waals surface area contributed by atoms with Crippen LogP contribution in [-0.2, 0) is 28.7 Å². The van der Waals surface area contributed by atoms with E-state index in [4.69, 9.17) is 61.8 Å². The summed E-state index contributed by atoms with van der Waals surface area (Å²) < 4.78 is 28.7. The molecule has 0 unspecified atom stereocenters. The predicted molar refractivity (Wildman–Crippen MR) is 412 cm³/mol. The number of amides is 3. The Balaban J connectivity index is 0.000000123. The van der Waals surface area contributed by atoms with E-state index in [0.29, 0.717) is 165 Å². The number of halogens is 2. The van der Waals surface area contributed by atoms with Crippen molar-refractivity contribution in [1.29, 1.82) is 0 Å². The number of ether oxygens (including phenoxy) is 5. The van der Waals surface area contributed by atoms with Crippen LogP contribution >= 0.6 is 23.2 Å². The summed E-state index contributed by atoms with van der Waals surface area (Å²) in [7, 11) is 1.84. The third-order valence-electron chi connectivity index (χ3n) is 22.1. The van der Waals surface area contributed by atoms with Crippen LogP contribution in [0.2, 0.25) is 10.0 Å². The van der Waals surface area contributed by atoms with E-state index in [1.54, 1.807) is 12.4 Å². The molecule has 18 rings (SSSR count). The van der Waals surface area contributed by atoms with E-state index in [1.165, 1.54) is 70.9 Å². The fourth-order valence-electron chi connectivity index (χ4n) is 16.5. The molecule has 13 heterocycles. The summed E-state index contributed by atoms with van der Waals surface area (Å²) in [6.07, 6.45) is 25.6. The van der Waals surface area contributed by atoms with E-state index in [9.17, 15) is 14.4 Å². The molecule has 9 N–H and O–H groups in total. The number of fused-ring (bicyclic) bond motifs is 6. The van der Waals surface area contributed by atoms with Crippen molar-refractivity contribution >= 4 is 126 Å². The lowest BCUT2D eigenvalue weighted by Crippen LogP contribution is -2.48. The highest BCUT2D eigenvalue weighted by Crippen LogP contribution is 2.43. The number of hydrogen-bond acceptors (Lipinski definition) is 21. The summed E-state index contributed by atoms with van der Waals surface area (Å²) >= 11 is 13.0. The number of hydrogen-bond donors (Lipinski definition) is 9. The summed E-state index contributed by atoms with van der Waals surface area (Å²) in [5.41, 5.74) is 10.4. The van der Waals surface area contributed by atoms with Crippen LogP contribution in [-0.4, -0.2) is 206 Å². The van der Waals surface area contributed by atoms with Crippen molar-refractivity contribution in [1.82, 2.24) is 64.5 Å². The minimum absolute atomic E-state index is 0.0271. The standard InChI is InChI=1S/C31H40ClN7O2.C25H29ClN6O3.C21H24N6O3/c32-24-19-33-28-26(24)29(34-20-7-3-1-4-8-20)37-31(36-28)35-25-10-9-23(22-13-18-41-27(22)25)30(40)39-16-11-21(12-17-39)38-14-5-2-6-15-38;26-18-14-27-22-20(18)23(28-15-4-2-1-3-5-15)31-25(30-22)29-19-7-6-17(16-8-11-35-21(16)19)24(33)32-9-12-34-13-10-32;1-12-11-23-19-16(12)18(22-2)25-21(26-19)24-15-4-3-14(13-5-8-30-17(13)15)20(28)27-6-9-29-10-7-27/h9-10,19-21H,1-8,11-18H2,(H3,33,34,35,36,37);6-7,14-15H,1-5,8-13H2,(H3,27,28,29,30,31);3-4,11H,5-10H2,1-2H3,(H3,22,23,24,25,26). The summed E-state index contributed by atoms with van der Waals surface area (Å²) in [6, 6.07) is 12.7. The summed E-state index contributed by atoms with van der Waals surface area (Å²) in [4.78, 5) is 86.0. The molecule has 0 spiro atoms. The third-order valence-corrected chi connectivity index (χ3v) is 22.7. The molecule has 7 aliphatic heterocycles. The Kier molecular flexibility index (Phi) is 21.4. The molecule has 106 heavy (non-hydrogen) atoms. The molecule has 2 saturated carbocycles. The molecule has 6 fully saturated rings. The molecule has 3 amide bonds. The quantitative estimate of drug-likeness (QED) is 0.0461. The Morgan fingerprint density at radius 1 is 0.434 bits per heavy atom. The second-order valence-electron chi connectivity index (χ2n) is 28.8. The molecule has 9 aromatic rings. The molecular weight excluding hydrogens is 1390 g/mol. The van der Waals surface area contributed by atoms with Gasteiger partial charge in [0.25, 0.3) is 17.7 Å². The van der Waals surface area contributed by atoms with Crippen LogP contribution in [0.15, 0.2) is 55.0 Å². The van der Waals surface area contributed by atoms with Gasteiger partial charge in [-0.15, -0.1) is 0 Å². The van der Waals surface area contributed by atoms with Gasteiger partial charge in [0.05, 0.1) is 89.5 Å². The lowest BCUT2D eigenvalue weighted by molar-refractivity contribution is 0.0300. The van der Waals surface area contributed by atoms with Gasteiger partial charge < -0.3 is 90.1 Å². The van der Waals surface area contributed by atoms with Crippen molar-refractivity contribution in [2.24, 2.45) is 0 Å². The van der Waals surface area contributed by atoms with Gasteiger partial charge in [-0.3, -0.25) is 14.4 Å². The molecule has 2 aliphatic carbocycles. The molecule has 27 nitrogen and oxygen atoms in total.